The van der Waals surface area contributed by atoms with Crippen molar-refractivity contribution in [1.29, 1.82) is 0 Å². The maximum atomic E-state index is 7.55. The van der Waals surface area contributed by atoms with Gasteiger partial charge >= 0.3 is 0 Å². The first-order valence-corrected chi connectivity index (χ1v) is 15.7. The van der Waals surface area contributed by atoms with Gasteiger partial charge in [-0.05, 0) is 129 Å². The monoisotopic (exact) mass is 514 g/mol. The lowest BCUT2D eigenvalue weighted by Gasteiger charge is -2.34. The zero-order chi connectivity index (χ0) is 24.8. The molecule has 4 atom stereocenters. The van der Waals surface area contributed by atoms with Gasteiger partial charge in [-0.1, -0.05) is 36.4 Å². The average Bonchev–Trinajstić information content (AvgIpc) is 3.45. The topological polar surface area (TPSA) is 25.1 Å². The Balaban J connectivity index is 1.34. The van der Waals surface area contributed by atoms with Crippen LogP contribution in [-0.4, -0.2) is 11.2 Å². The molecule has 2 heterocycles. The summed E-state index contributed by atoms with van der Waals surface area (Å²) in [6.07, 6.45) is 13.7. The Hall–Kier alpha value is -3.98. The average molecular weight is 515 g/mol. The summed E-state index contributed by atoms with van der Waals surface area (Å²) in [4.78, 5) is 0. The van der Waals surface area contributed by atoms with Gasteiger partial charge in [0.1, 0.15) is 0 Å². The molecule has 0 aromatic heterocycles. The maximum absolute atomic E-state index is 7.55. The second-order valence-electron chi connectivity index (χ2n) is 15.6. The number of benzene rings is 5. The molecule has 1 saturated carbocycles. The highest BCUT2D eigenvalue weighted by atomic mass is 16.7. The van der Waals surface area contributed by atoms with Gasteiger partial charge in [0.05, 0.1) is 0 Å². The standard InChI is InChI=1S/C39H14O2/c1-10-3-13-5-15-7-17-9-18-8-16-6-14-4-11-2-12(1)23-24-19(10)21(13)28-30-26(24)27-25(23)20(11)22(14)29-31(27)35-34(30)36(32(15)28)38(17,40-36)39(18)37(35,41-39)33(16)29/h1-2,5-8,12,23H,3-4,9H2. The largest absolute Gasteiger partial charge is 0.344 e. The molecule has 11 aliphatic carbocycles. The molecule has 0 bridgehead atoms. The van der Waals surface area contributed by atoms with E-state index in [1.807, 2.05) is 0 Å². The van der Waals surface area contributed by atoms with Crippen molar-refractivity contribution < 1.29 is 9.47 Å². The van der Waals surface area contributed by atoms with Crippen LogP contribution >= 0.6 is 0 Å². The molecule has 2 aliphatic heterocycles. The molecule has 2 nitrogen and oxygen atoms in total. The van der Waals surface area contributed by atoms with Crippen molar-refractivity contribution in [2.24, 2.45) is 5.92 Å². The van der Waals surface area contributed by atoms with E-state index in [1.54, 1.807) is 98.7 Å². The molecule has 182 valence electrons. The van der Waals surface area contributed by atoms with E-state index in [1.165, 1.54) is 33.4 Å². The van der Waals surface area contributed by atoms with Crippen molar-refractivity contribution in [3.8, 4) is 0 Å². The molecule has 13 aliphatic rings. The second-order valence-corrected chi connectivity index (χ2v) is 15.6. The van der Waals surface area contributed by atoms with E-state index in [4.69, 9.17) is 9.47 Å². The quantitative estimate of drug-likeness (QED) is 0.162. The van der Waals surface area contributed by atoms with Crippen LogP contribution in [0.2, 0.25) is 0 Å². The van der Waals surface area contributed by atoms with Crippen molar-refractivity contribution in [1.82, 2.24) is 0 Å². The zero-order valence-corrected chi connectivity index (χ0v) is 21.6. The van der Waals surface area contributed by atoms with Crippen LogP contribution in [0.4, 0.5) is 0 Å². The Morgan fingerprint density at radius 3 is 1.61 bits per heavy atom. The van der Waals surface area contributed by atoms with Crippen LogP contribution < -0.4 is 0 Å². The number of ether oxygens (including phenoxy) is 2. The van der Waals surface area contributed by atoms with Crippen molar-refractivity contribution in [2.45, 2.75) is 47.6 Å². The van der Waals surface area contributed by atoms with Gasteiger partial charge in [-0.3, -0.25) is 0 Å². The summed E-state index contributed by atoms with van der Waals surface area (Å²) in [6, 6.07) is 5.17. The summed E-state index contributed by atoms with van der Waals surface area (Å²) in [7, 11) is 0. The molecule has 4 unspecified atom stereocenters. The fraction of sp³-hybridized carbons (Fsp3) is 0.231. The van der Waals surface area contributed by atoms with E-state index in [-0.39, 0.29) is 22.4 Å². The molecule has 3 fully saturated rings. The Bertz CT molecular complexity index is 2710. The fourth-order valence-electron chi connectivity index (χ4n) is 14.6. The van der Waals surface area contributed by atoms with Crippen LogP contribution in [0.25, 0.3) is 66.4 Å². The first-order valence-electron chi connectivity index (χ1n) is 15.7. The normalized spacial score (nSPS) is 41.2. The van der Waals surface area contributed by atoms with Gasteiger partial charge in [0.25, 0.3) is 0 Å². The summed E-state index contributed by atoms with van der Waals surface area (Å²) in [5, 5.41) is 12.7. The van der Waals surface area contributed by atoms with Gasteiger partial charge in [0.2, 0.25) is 0 Å². The van der Waals surface area contributed by atoms with Crippen LogP contribution in [0.5, 0.6) is 0 Å². The minimum Gasteiger partial charge on any atom is -0.344 e. The number of epoxide rings is 2. The van der Waals surface area contributed by atoms with E-state index >= 15 is 0 Å². The lowest BCUT2D eigenvalue weighted by atomic mass is 9.59. The van der Waals surface area contributed by atoms with E-state index in [0.717, 1.165) is 19.3 Å². The van der Waals surface area contributed by atoms with Crippen molar-refractivity contribution in [3.63, 3.8) is 0 Å². The molecule has 5 aromatic rings. The Labute approximate surface area is 231 Å². The summed E-state index contributed by atoms with van der Waals surface area (Å²) in [6.45, 7) is 0. The van der Waals surface area contributed by atoms with Crippen LogP contribution in [-0.2, 0) is 33.5 Å². The molecule has 2 saturated heterocycles. The smallest absolute Gasteiger partial charge is 0.165 e. The SMILES string of the molecule is C1=C2Cc3cc4c5c6c3c2c2c3c6c6c7c8c9c%10c(cc%11c9c9c(c83)C2C1C=C9C%11)C=C1CC(=C4)C2(OC562)C12OC%1072. The van der Waals surface area contributed by atoms with Gasteiger partial charge in [0.15, 0.2) is 22.4 Å². The van der Waals surface area contributed by atoms with E-state index in [0.29, 0.717) is 11.8 Å². The van der Waals surface area contributed by atoms with Crippen LogP contribution in [0.3, 0.4) is 0 Å². The molecular weight excluding hydrogens is 500 g/mol. The molecule has 0 radical (unpaired) electrons. The van der Waals surface area contributed by atoms with Crippen molar-refractivity contribution in [3.05, 3.63) is 102 Å². The van der Waals surface area contributed by atoms with E-state index < -0.39 is 0 Å². The van der Waals surface area contributed by atoms with Gasteiger partial charge < -0.3 is 9.47 Å². The van der Waals surface area contributed by atoms with Gasteiger partial charge in [-0.25, -0.2) is 0 Å². The van der Waals surface area contributed by atoms with Gasteiger partial charge in [-0.2, -0.15) is 0 Å². The zero-order valence-electron chi connectivity index (χ0n) is 21.6. The van der Waals surface area contributed by atoms with Crippen LogP contribution in [0.15, 0.2) is 35.4 Å². The predicted molar refractivity (Wildman–Crippen MR) is 155 cm³/mol. The van der Waals surface area contributed by atoms with Gasteiger partial charge in [0, 0.05) is 34.1 Å². The number of rotatable bonds is 0. The summed E-state index contributed by atoms with van der Waals surface area (Å²) in [5.41, 5.74) is 23.5. The maximum Gasteiger partial charge on any atom is 0.165 e. The molecule has 0 amide bonds. The number of hydrogen-bond acceptors (Lipinski definition) is 2. The lowest BCUT2D eigenvalue weighted by molar-refractivity contribution is 0.216. The third-order valence-electron chi connectivity index (χ3n) is 15.0. The van der Waals surface area contributed by atoms with Crippen molar-refractivity contribution in [2.75, 3.05) is 0 Å². The Morgan fingerprint density at radius 2 is 1.07 bits per heavy atom. The highest BCUT2D eigenvalue weighted by Gasteiger charge is 3.02. The molecule has 5 aromatic carbocycles. The molecule has 41 heavy (non-hydrogen) atoms. The van der Waals surface area contributed by atoms with E-state index in [2.05, 4.69) is 36.4 Å². The fourth-order valence-corrected chi connectivity index (χ4v) is 14.6. The summed E-state index contributed by atoms with van der Waals surface area (Å²) in [5.74, 6) is 0.943. The second kappa shape index (κ2) is 3.72. The predicted octanol–water partition coefficient (Wildman–Crippen LogP) is 7.13. The minimum absolute atomic E-state index is 0.359. The number of hydrogen-bond donors (Lipinski definition) is 0. The highest BCUT2D eigenvalue weighted by molar-refractivity contribution is 6.39. The third-order valence-corrected chi connectivity index (χ3v) is 15.0. The van der Waals surface area contributed by atoms with Crippen LogP contribution in [0.1, 0.15) is 79.1 Å². The molecule has 4 spiro atoms. The van der Waals surface area contributed by atoms with E-state index in [9.17, 15) is 0 Å². The summed E-state index contributed by atoms with van der Waals surface area (Å²) < 4.78 is 15.1. The number of allylic oxidation sites excluding steroid dienone is 4. The Kier molecular flexibility index (Phi) is 1.49. The molecule has 2 heteroatoms. The highest BCUT2D eigenvalue weighted by Crippen LogP contribution is 2.94. The lowest BCUT2D eigenvalue weighted by Crippen LogP contribution is -2.47. The summed E-state index contributed by atoms with van der Waals surface area (Å²) >= 11 is 0. The van der Waals surface area contributed by atoms with Crippen LogP contribution in [0, 0.1) is 5.92 Å². The van der Waals surface area contributed by atoms with Gasteiger partial charge in [-0.15, -0.1) is 0 Å². The first-order chi connectivity index (χ1) is 20.2. The molecule has 0 N–H and O–H groups in total. The first kappa shape index (κ1) is 16.5. The molecular formula is C39H14O2. The minimum atomic E-state index is -0.363. The van der Waals surface area contributed by atoms with Crippen molar-refractivity contribution >= 4 is 66.4 Å². The Morgan fingerprint density at radius 1 is 0.561 bits per heavy atom. The third kappa shape index (κ3) is 0.936. The molecule has 18 rings (SSSR count).